The summed E-state index contributed by atoms with van der Waals surface area (Å²) in [5.41, 5.74) is 5.23. The minimum Gasteiger partial charge on any atom is -0.370 e. The van der Waals surface area contributed by atoms with Crippen LogP contribution in [0.4, 0.5) is 10.1 Å². The van der Waals surface area contributed by atoms with E-state index in [1.165, 1.54) is 12.1 Å². The molecular weight excluding hydrogens is 415 g/mol. The smallest absolute Gasteiger partial charge is 0.141 e. The van der Waals surface area contributed by atoms with E-state index in [-0.39, 0.29) is 5.56 Å². The maximum atomic E-state index is 14.5. The van der Waals surface area contributed by atoms with Gasteiger partial charge in [0.1, 0.15) is 11.9 Å². The Morgan fingerprint density at radius 1 is 1.09 bits per heavy atom. The summed E-state index contributed by atoms with van der Waals surface area (Å²) in [7, 11) is 3.90. The molecule has 0 atom stereocenters. The van der Waals surface area contributed by atoms with E-state index in [0.29, 0.717) is 11.6 Å². The first-order chi connectivity index (χ1) is 16.1. The summed E-state index contributed by atoms with van der Waals surface area (Å²) in [6, 6.07) is 15.3. The molecule has 1 saturated heterocycles. The van der Waals surface area contributed by atoms with E-state index in [1.54, 1.807) is 10.7 Å². The van der Waals surface area contributed by atoms with Crippen molar-refractivity contribution in [1.29, 1.82) is 5.26 Å². The zero-order valence-electron chi connectivity index (χ0n) is 18.7. The van der Waals surface area contributed by atoms with Gasteiger partial charge in [-0.3, -0.25) is 9.67 Å². The van der Waals surface area contributed by atoms with Gasteiger partial charge in [0.2, 0.25) is 0 Å². The summed E-state index contributed by atoms with van der Waals surface area (Å²) in [6.45, 7) is 1.88. The van der Waals surface area contributed by atoms with E-state index < -0.39 is 5.82 Å². The van der Waals surface area contributed by atoms with Gasteiger partial charge in [-0.1, -0.05) is 12.1 Å². The molecule has 0 spiro atoms. The lowest BCUT2D eigenvalue weighted by atomic mass is 9.96. The molecule has 0 saturated carbocycles. The Labute approximate surface area is 192 Å². The van der Waals surface area contributed by atoms with Crippen LogP contribution < -0.4 is 10.2 Å². The molecule has 3 heterocycles. The lowest BCUT2D eigenvalue weighted by Gasteiger charge is -2.33. The van der Waals surface area contributed by atoms with Crippen LogP contribution >= 0.6 is 0 Å². The number of rotatable bonds is 4. The second-order valence-electron chi connectivity index (χ2n) is 8.52. The number of nitriles is 1. The predicted molar refractivity (Wildman–Crippen MR) is 128 cm³/mol. The van der Waals surface area contributed by atoms with Crippen molar-refractivity contribution in [2.75, 3.05) is 25.0 Å². The van der Waals surface area contributed by atoms with E-state index >= 15 is 0 Å². The van der Waals surface area contributed by atoms with Crippen LogP contribution in [0.25, 0.3) is 33.3 Å². The Hall–Kier alpha value is -3.76. The molecular formula is C26H25FN6. The van der Waals surface area contributed by atoms with Gasteiger partial charge in [-0.05, 0) is 55.8 Å². The highest BCUT2D eigenvalue weighted by Crippen LogP contribution is 2.35. The van der Waals surface area contributed by atoms with Gasteiger partial charge >= 0.3 is 0 Å². The van der Waals surface area contributed by atoms with Crippen LogP contribution in [-0.4, -0.2) is 40.9 Å². The van der Waals surface area contributed by atoms with Gasteiger partial charge < -0.3 is 10.2 Å². The summed E-state index contributed by atoms with van der Waals surface area (Å²) in [4.78, 5) is 7.19. The van der Waals surface area contributed by atoms with Crippen LogP contribution in [0.1, 0.15) is 18.4 Å². The zero-order chi connectivity index (χ0) is 22.9. The van der Waals surface area contributed by atoms with Gasteiger partial charge in [0.15, 0.2) is 0 Å². The summed E-state index contributed by atoms with van der Waals surface area (Å²) in [5.74, 6) is -0.524. The molecule has 4 aromatic rings. The molecule has 2 aromatic heterocycles. The maximum absolute atomic E-state index is 14.5. The molecule has 1 aliphatic rings. The number of fused-ring (bicyclic) bond motifs is 1. The Morgan fingerprint density at radius 2 is 1.88 bits per heavy atom. The molecule has 33 heavy (non-hydrogen) atoms. The van der Waals surface area contributed by atoms with E-state index in [2.05, 4.69) is 27.4 Å². The normalized spacial score (nSPS) is 14.5. The largest absolute Gasteiger partial charge is 0.370 e. The molecule has 6 nitrogen and oxygen atoms in total. The van der Waals surface area contributed by atoms with Crippen molar-refractivity contribution in [2.24, 2.45) is 7.05 Å². The summed E-state index contributed by atoms with van der Waals surface area (Å²) >= 11 is 0. The maximum Gasteiger partial charge on any atom is 0.141 e. The summed E-state index contributed by atoms with van der Waals surface area (Å²) < 4.78 is 16.3. The third kappa shape index (κ3) is 4.06. The van der Waals surface area contributed by atoms with Crippen molar-refractivity contribution in [3.05, 3.63) is 66.2 Å². The Balaban J connectivity index is 1.61. The van der Waals surface area contributed by atoms with Crippen molar-refractivity contribution in [1.82, 2.24) is 20.1 Å². The molecule has 2 aromatic carbocycles. The van der Waals surface area contributed by atoms with Gasteiger partial charge in [0.25, 0.3) is 0 Å². The molecule has 0 bridgehead atoms. The van der Waals surface area contributed by atoms with Crippen molar-refractivity contribution in [3.63, 3.8) is 0 Å². The fraction of sp³-hybridized carbons (Fsp3) is 0.269. The average Bonchev–Trinajstić information content (AvgIpc) is 3.23. The van der Waals surface area contributed by atoms with Crippen molar-refractivity contribution >= 4 is 16.6 Å². The summed E-state index contributed by atoms with van der Waals surface area (Å²) in [6.07, 6.45) is 6.01. The number of nitrogens with zero attached hydrogens (tertiary/aromatic N) is 5. The molecule has 1 aliphatic heterocycles. The number of piperidine rings is 1. The number of hydrogen-bond acceptors (Lipinski definition) is 5. The average molecular weight is 441 g/mol. The molecule has 0 amide bonds. The third-order valence-electron chi connectivity index (χ3n) is 6.43. The Bertz CT molecular complexity index is 1360. The number of aromatic nitrogens is 3. The number of hydrogen-bond donors (Lipinski definition) is 1. The highest BCUT2D eigenvalue weighted by Gasteiger charge is 2.20. The minimum atomic E-state index is -0.524. The van der Waals surface area contributed by atoms with Crippen molar-refractivity contribution in [2.45, 2.75) is 18.9 Å². The SMILES string of the molecule is CNC1CCN(c2cnc(-c3ccc4nn(C)cc4c3)c(-c3ccc(C#N)c(F)c3)c2)CC1. The fourth-order valence-corrected chi connectivity index (χ4v) is 4.57. The van der Waals surface area contributed by atoms with E-state index in [9.17, 15) is 4.39 Å². The molecule has 0 radical (unpaired) electrons. The highest BCUT2D eigenvalue weighted by molar-refractivity contribution is 5.89. The van der Waals surface area contributed by atoms with Crippen molar-refractivity contribution < 1.29 is 4.39 Å². The van der Waals surface area contributed by atoms with Crippen molar-refractivity contribution in [3.8, 4) is 28.5 Å². The molecule has 1 N–H and O–H groups in total. The van der Waals surface area contributed by atoms with Gasteiger partial charge in [-0.25, -0.2) is 4.39 Å². The lowest BCUT2D eigenvalue weighted by Crippen LogP contribution is -2.41. The fourth-order valence-electron chi connectivity index (χ4n) is 4.57. The Kier molecular flexibility index (Phi) is 5.53. The number of benzene rings is 2. The van der Waals surface area contributed by atoms with Gasteiger partial charge in [-0.2, -0.15) is 10.4 Å². The number of pyridine rings is 1. The van der Waals surface area contributed by atoms with E-state index in [1.807, 2.05) is 44.7 Å². The van der Waals surface area contributed by atoms with Gasteiger partial charge in [-0.15, -0.1) is 0 Å². The van der Waals surface area contributed by atoms with Crippen LogP contribution in [0.2, 0.25) is 0 Å². The molecule has 1 fully saturated rings. The first-order valence-corrected chi connectivity index (χ1v) is 11.1. The van der Waals surface area contributed by atoms with Crippen LogP contribution in [0.5, 0.6) is 0 Å². The third-order valence-corrected chi connectivity index (χ3v) is 6.43. The monoisotopic (exact) mass is 440 g/mol. The second kappa shape index (κ2) is 8.64. The molecule has 166 valence electrons. The van der Waals surface area contributed by atoms with Gasteiger partial charge in [0.05, 0.1) is 28.7 Å². The summed E-state index contributed by atoms with van der Waals surface area (Å²) in [5, 5.41) is 18.0. The second-order valence-corrected chi connectivity index (χ2v) is 8.52. The number of aryl methyl sites for hydroxylation is 1. The van der Waals surface area contributed by atoms with Crippen LogP contribution in [0.15, 0.2) is 54.9 Å². The van der Waals surface area contributed by atoms with Crippen LogP contribution in [0.3, 0.4) is 0 Å². The predicted octanol–water partition coefficient (Wildman–Crippen LogP) is 4.50. The molecule has 0 aliphatic carbocycles. The quantitative estimate of drug-likeness (QED) is 0.506. The molecule has 5 rings (SSSR count). The zero-order valence-corrected chi connectivity index (χ0v) is 18.7. The first kappa shape index (κ1) is 21.1. The molecule has 7 heteroatoms. The van der Waals surface area contributed by atoms with Crippen LogP contribution in [-0.2, 0) is 7.05 Å². The standard InChI is InChI=1S/C26H25FN6/c1-29-21-7-9-33(10-8-21)22-13-23(17-3-4-19(14-28)24(27)12-17)26(30-15-22)18-5-6-25-20(11-18)16-32(2)31-25/h3-6,11-13,15-16,21,29H,7-10H2,1-2H3. The van der Waals surface area contributed by atoms with E-state index in [0.717, 1.165) is 59.3 Å². The minimum absolute atomic E-state index is 0.0373. The van der Waals surface area contributed by atoms with E-state index in [4.69, 9.17) is 10.2 Å². The van der Waals surface area contributed by atoms with Crippen LogP contribution in [0, 0.1) is 17.1 Å². The number of nitrogens with one attached hydrogen (secondary N) is 1. The molecule has 0 unspecified atom stereocenters. The first-order valence-electron chi connectivity index (χ1n) is 11.1. The highest BCUT2D eigenvalue weighted by atomic mass is 19.1. The Morgan fingerprint density at radius 3 is 2.61 bits per heavy atom. The number of halogens is 1. The lowest BCUT2D eigenvalue weighted by molar-refractivity contribution is 0.442. The topological polar surface area (TPSA) is 69.8 Å². The number of anilines is 1. The van der Waals surface area contributed by atoms with Gasteiger partial charge in [0, 0.05) is 48.9 Å².